The van der Waals surface area contributed by atoms with Crippen LogP contribution in [0.15, 0.2) is 42.5 Å². The molecule has 0 saturated heterocycles. The van der Waals surface area contributed by atoms with Crippen LogP contribution in [0, 0.1) is 0 Å². The van der Waals surface area contributed by atoms with Crippen molar-refractivity contribution in [1.82, 2.24) is 41.0 Å². The van der Waals surface area contributed by atoms with Crippen molar-refractivity contribution in [3.8, 4) is 0 Å². The number of aliphatic hydroxyl groups is 14. The van der Waals surface area contributed by atoms with Crippen LogP contribution >= 0.6 is 0 Å². The number of H-pyrrole nitrogens is 1. The minimum Gasteiger partial charge on any atom is -0.469 e. The van der Waals surface area contributed by atoms with Crippen LogP contribution in [0.3, 0.4) is 0 Å². The summed E-state index contributed by atoms with van der Waals surface area (Å²) in [6, 6.07) is 10.0. The number of unbranched alkanes of at least 4 members (excludes halogenated alkanes) is 3. The Balaban J connectivity index is 1.32. The summed E-state index contributed by atoms with van der Waals surface area (Å²) in [7, 11) is 3.05. The van der Waals surface area contributed by atoms with Crippen LogP contribution in [0.5, 0.6) is 0 Å². The molecule has 1 unspecified atom stereocenters. The lowest BCUT2D eigenvalue weighted by Crippen LogP contribution is -2.55. The fraction of sp³-hybridized carbons (Fsp3) is 0.680. The first kappa shape index (κ1) is 65.9. The molecule has 15 atom stereocenters. The number of carbonyl (C=O) groups excluding carboxylic acids is 3. The van der Waals surface area contributed by atoms with E-state index in [0.717, 1.165) is 16.6 Å². The summed E-state index contributed by atoms with van der Waals surface area (Å²) in [6.07, 6.45) is -18.1. The molecular weight excluding hydrogens is 1030 g/mol. The molecule has 0 saturated carbocycles. The number of esters is 1. The highest BCUT2D eigenvalue weighted by molar-refractivity contribution is 5.81. The zero-order valence-corrected chi connectivity index (χ0v) is 44.0. The zero-order valence-electron chi connectivity index (χ0n) is 44.0. The second-order valence-electron chi connectivity index (χ2n) is 19.8. The Morgan fingerprint density at radius 3 is 2.12 bits per heavy atom. The summed E-state index contributed by atoms with van der Waals surface area (Å²) < 4.78 is 4.92. The van der Waals surface area contributed by atoms with Crippen LogP contribution < -0.4 is 32.3 Å². The molecule has 22 N–H and O–H groups in total. The summed E-state index contributed by atoms with van der Waals surface area (Å²) in [5.74, 6) is -1.10. The van der Waals surface area contributed by atoms with Gasteiger partial charge in [0, 0.05) is 50.9 Å². The van der Waals surface area contributed by atoms with Gasteiger partial charge in [-0.25, -0.2) is 4.98 Å². The molecule has 0 fully saturated rings. The Kier molecular flexibility index (Phi) is 28.0. The van der Waals surface area contributed by atoms with E-state index < -0.39 is 136 Å². The molecule has 0 bridgehead atoms. The van der Waals surface area contributed by atoms with Crippen molar-refractivity contribution in [2.45, 2.75) is 163 Å². The minimum atomic E-state index is -1.91. The Hall–Kier alpha value is -4.64. The number of hydrogen-bond acceptors (Lipinski definition) is 25. The number of aliphatic hydroxyl groups excluding tert-OH is 14. The Bertz CT molecular complexity index is 2220. The number of imidazole rings is 1. The number of hydrogen-bond donors (Lipinski definition) is 21. The number of amides is 2. The fourth-order valence-electron chi connectivity index (χ4n) is 8.74. The van der Waals surface area contributed by atoms with E-state index in [1.165, 1.54) is 7.11 Å². The number of anilines is 1. The van der Waals surface area contributed by atoms with Gasteiger partial charge >= 0.3 is 5.97 Å². The number of nitrogens with zero attached hydrogens (tertiary/aromatic N) is 3. The van der Waals surface area contributed by atoms with E-state index in [-0.39, 0.29) is 45.2 Å². The quantitative estimate of drug-likeness (QED) is 0.0146. The lowest BCUT2D eigenvalue weighted by Gasteiger charge is -2.30. The molecule has 78 heavy (non-hydrogen) atoms. The first-order valence-electron chi connectivity index (χ1n) is 26.1. The van der Waals surface area contributed by atoms with Crippen molar-refractivity contribution < 1.29 is 90.6 Å². The van der Waals surface area contributed by atoms with E-state index in [1.54, 1.807) is 18.0 Å². The highest BCUT2D eigenvalue weighted by Gasteiger charge is 2.34. The van der Waals surface area contributed by atoms with Gasteiger partial charge in [-0.3, -0.25) is 34.8 Å². The molecule has 2 aromatic carbocycles. The summed E-state index contributed by atoms with van der Waals surface area (Å²) in [5, 5.41) is 156. The van der Waals surface area contributed by atoms with Gasteiger partial charge in [-0.2, -0.15) is 0 Å². The third-order valence-corrected chi connectivity index (χ3v) is 13.7. The van der Waals surface area contributed by atoms with Gasteiger partial charge < -0.3 is 103 Å². The van der Waals surface area contributed by atoms with Crippen LogP contribution in [0.4, 0.5) is 5.69 Å². The van der Waals surface area contributed by atoms with Crippen molar-refractivity contribution in [2.24, 2.45) is 5.73 Å². The molecule has 1 aliphatic rings. The topological polar surface area (TPSA) is 465 Å². The summed E-state index contributed by atoms with van der Waals surface area (Å²) in [5.41, 5.74) is 9.95. The maximum atomic E-state index is 13.6. The third-order valence-electron chi connectivity index (χ3n) is 13.7. The van der Waals surface area contributed by atoms with E-state index in [4.69, 9.17) is 20.7 Å². The summed E-state index contributed by atoms with van der Waals surface area (Å²) >= 11 is 0. The lowest BCUT2D eigenvalue weighted by molar-refractivity contribution is -0.142. The van der Waals surface area contributed by atoms with Crippen molar-refractivity contribution in [3.05, 3.63) is 59.4 Å². The number of nitrogens with one attached hydrogen (secondary N) is 6. The SMILES string of the molecule is COC(=O)CC1Nc2ccc([C@@H](O)N(C)Cc3nc4ccccc4[nH]3)cc2CN(CCCCCCNC(=O)[C@H](CC[C@@H](O)NC[C@H](O)[C@@H](O)[C@H](O)[C@H](O)CO)N[C@H](O)[C@@H](N)CCC(=O)NC[C@@H](O)[C@H](O)[C@@H](O)[C@@H](O)CO)[C@@H]1O. The Morgan fingerprint density at radius 1 is 0.821 bits per heavy atom. The normalized spacial score (nSPS) is 20.1. The Morgan fingerprint density at radius 2 is 1.46 bits per heavy atom. The predicted molar refractivity (Wildman–Crippen MR) is 280 cm³/mol. The van der Waals surface area contributed by atoms with Crippen LogP contribution in [0.2, 0.25) is 0 Å². The minimum absolute atomic E-state index is 0.119. The molecule has 0 spiro atoms. The number of benzene rings is 2. The fourth-order valence-corrected chi connectivity index (χ4v) is 8.74. The van der Waals surface area contributed by atoms with E-state index in [0.29, 0.717) is 55.8 Å². The van der Waals surface area contributed by atoms with Gasteiger partial charge in [0.1, 0.15) is 67.4 Å². The maximum absolute atomic E-state index is 13.6. The van der Waals surface area contributed by atoms with Gasteiger partial charge in [-0.05, 0) is 74.5 Å². The molecule has 3 aromatic rings. The monoisotopic (exact) mass is 1110 g/mol. The van der Waals surface area contributed by atoms with E-state index in [2.05, 4.69) is 36.6 Å². The summed E-state index contributed by atoms with van der Waals surface area (Å²) in [4.78, 5) is 50.1. The van der Waals surface area contributed by atoms with Gasteiger partial charge in [-0.1, -0.05) is 31.0 Å². The molecule has 2 heterocycles. The van der Waals surface area contributed by atoms with Gasteiger partial charge in [0.05, 0.1) is 68.6 Å². The zero-order chi connectivity index (χ0) is 57.6. The molecular formula is C50H84N10O18. The van der Waals surface area contributed by atoms with Crippen LogP contribution in [0.25, 0.3) is 11.0 Å². The number of ether oxygens (including phenoxy) is 1. The molecule has 28 nitrogen and oxygen atoms in total. The molecule has 0 radical (unpaired) electrons. The van der Waals surface area contributed by atoms with Gasteiger partial charge in [0.15, 0.2) is 0 Å². The lowest BCUT2D eigenvalue weighted by atomic mass is 10.0. The summed E-state index contributed by atoms with van der Waals surface area (Å²) in [6.45, 7) is -1.59. The van der Waals surface area contributed by atoms with Crippen LogP contribution in [-0.2, 0) is 32.2 Å². The third kappa shape index (κ3) is 20.5. The molecule has 1 aromatic heterocycles. The second kappa shape index (κ2) is 33.2. The van der Waals surface area contributed by atoms with E-state index in [9.17, 15) is 75.7 Å². The van der Waals surface area contributed by atoms with E-state index >= 15 is 0 Å². The maximum Gasteiger partial charge on any atom is 0.307 e. The molecule has 2 amide bonds. The average Bonchev–Trinajstić information content (AvgIpc) is 3.83. The first-order chi connectivity index (χ1) is 37.1. The first-order valence-corrected chi connectivity index (χ1v) is 26.1. The number of rotatable bonds is 36. The molecule has 4 rings (SSSR count). The number of fused-ring (bicyclic) bond motifs is 2. The standard InChI is InChI=1S/C50H84N10O18/c1-59(24-39-56-31-9-5-6-10-32(31)57-39)49(76)27-11-13-30-28(19-27)23-60(50(77)34(55-30)20-42(69)78-2)18-8-4-3-7-17-52-48(75)33(14-16-41(68)54-22-36(64)44(71)46(73)38(66)26-62)58-47(74)29(51)12-15-40(67)53-21-35(63)43(70)45(72)37(65)25-61/h5-6,9-11,13,19,29,33-38,41,43-47,49-50,54-55,58,61-66,68,70-74,76-77H,3-4,7-8,12,14-18,20-26,51H2,1-2H3,(H,52,75)(H,53,67)(H,56,57)/t29-,33-,34?,35+,36-,37-,38+,41+,43-,44+,45-,46+,47+,49+,50+/m0/s1. The number of nitrogens with two attached hydrogens (primary N) is 1. The predicted octanol–water partition coefficient (Wildman–Crippen LogP) is -6.10. The molecule has 442 valence electrons. The second-order valence-corrected chi connectivity index (χ2v) is 19.8. The number of para-hydroxylation sites is 2. The number of methoxy groups -OCH3 is 1. The Labute approximate surface area is 451 Å². The molecule has 0 aliphatic carbocycles. The number of carbonyl (C=O) groups is 3. The average molecular weight is 1110 g/mol. The van der Waals surface area contributed by atoms with Crippen LogP contribution in [-0.4, -0.2) is 248 Å². The van der Waals surface area contributed by atoms with Crippen molar-refractivity contribution in [2.75, 3.05) is 58.9 Å². The van der Waals surface area contributed by atoms with Crippen LogP contribution in [0.1, 0.15) is 81.0 Å². The van der Waals surface area contributed by atoms with Crippen molar-refractivity contribution in [1.29, 1.82) is 0 Å². The van der Waals surface area contributed by atoms with Crippen molar-refractivity contribution >= 4 is 34.5 Å². The highest BCUT2D eigenvalue weighted by Crippen LogP contribution is 2.31. The number of aromatic nitrogens is 2. The molecule has 28 heteroatoms. The van der Waals surface area contributed by atoms with Gasteiger partial charge in [0.2, 0.25) is 11.8 Å². The highest BCUT2D eigenvalue weighted by atomic mass is 16.5. The van der Waals surface area contributed by atoms with Gasteiger partial charge in [0.25, 0.3) is 0 Å². The van der Waals surface area contributed by atoms with E-state index in [1.807, 2.05) is 41.3 Å². The van der Waals surface area contributed by atoms with Gasteiger partial charge in [-0.15, -0.1) is 0 Å². The largest absolute Gasteiger partial charge is 0.469 e. The van der Waals surface area contributed by atoms with Crippen molar-refractivity contribution in [3.63, 3.8) is 0 Å². The molecule has 1 aliphatic heterocycles. The smallest absolute Gasteiger partial charge is 0.307 e. The number of aromatic amines is 1.